The fourth-order valence-electron chi connectivity index (χ4n) is 3.46. The van der Waals surface area contributed by atoms with Crippen LogP contribution < -0.4 is 10.6 Å². The summed E-state index contributed by atoms with van der Waals surface area (Å²) in [5.74, 6) is -0.707. The van der Waals surface area contributed by atoms with Crippen LogP contribution in [0.15, 0.2) is 6.20 Å². The molecule has 27 heavy (non-hydrogen) atoms. The Morgan fingerprint density at radius 2 is 2.11 bits per heavy atom. The third kappa shape index (κ3) is 5.03. The average Bonchev–Trinajstić information content (AvgIpc) is 3.21. The summed E-state index contributed by atoms with van der Waals surface area (Å²) in [5, 5.41) is 13.5. The summed E-state index contributed by atoms with van der Waals surface area (Å²) in [7, 11) is 1.60. The summed E-state index contributed by atoms with van der Waals surface area (Å²) in [6, 6.07) is -1.13. The first-order chi connectivity index (χ1) is 13.1. The first-order valence-corrected chi connectivity index (χ1v) is 9.36. The number of methoxy groups -OCH3 is 1. The zero-order chi connectivity index (χ0) is 19.2. The SMILES string of the molecule is COCCn1cc(C[C@H]2NC(=O)N(CC(=O)NC3CCCCC3)C2=O)nn1. The molecule has 4 amide bonds. The molecule has 1 aromatic heterocycles. The van der Waals surface area contributed by atoms with Crippen molar-refractivity contribution >= 4 is 17.8 Å². The van der Waals surface area contributed by atoms with Gasteiger partial charge in [0.1, 0.15) is 12.6 Å². The number of carbonyl (C=O) groups is 3. The van der Waals surface area contributed by atoms with Gasteiger partial charge in [0.25, 0.3) is 5.91 Å². The van der Waals surface area contributed by atoms with Gasteiger partial charge in [-0.2, -0.15) is 0 Å². The number of ether oxygens (including phenoxy) is 1. The summed E-state index contributed by atoms with van der Waals surface area (Å²) in [6.45, 7) is 0.811. The number of aromatic nitrogens is 3. The van der Waals surface area contributed by atoms with Crippen LogP contribution in [0.5, 0.6) is 0 Å². The van der Waals surface area contributed by atoms with Gasteiger partial charge < -0.3 is 15.4 Å². The Kier molecular flexibility index (Phi) is 6.38. The number of nitrogens with one attached hydrogen (secondary N) is 2. The van der Waals surface area contributed by atoms with E-state index in [9.17, 15) is 14.4 Å². The predicted octanol–water partition coefficient (Wildman–Crippen LogP) is -0.164. The largest absolute Gasteiger partial charge is 0.383 e. The van der Waals surface area contributed by atoms with Crippen LogP contribution in [-0.4, -0.2) is 70.1 Å². The lowest BCUT2D eigenvalue weighted by atomic mass is 9.95. The summed E-state index contributed by atoms with van der Waals surface area (Å²) < 4.78 is 6.60. The maximum Gasteiger partial charge on any atom is 0.325 e. The van der Waals surface area contributed by atoms with Crippen molar-refractivity contribution in [3.63, 3.8) is 0 Å². The second kappa shape index (κ2) is 8.94. The number of carbonyl (C=O) groups excluding carboxylic acids is 3. The molecule has 2 fully saturated rings. The Bertz CT molecular complexity index is 685. The van der Waals surface area contributed by atoms with E-state index in [0.717, 1.165) is 30.6 Å². The van der Waals surface area contributed by atoms with E-state index in [-0.39, 0.29) is 24.9 Å². The third-order valence-electron chi connectivity index (χ3n) is 4.90. The minimum Gasteiger partial charge on any atom is -0.383 e. The number of nitrogens with zero attached hydrogens (tertiary/aromatic N) is 4. The van der Waals surface area contributed by atoms with Gasteiger partial charge in [0.2, 0.25) is 5.91 Å². The zero-order valence-electron chi connectivity index (χ0n) is 15.5. The van der Waals surface area contributed by atoms with Crippen molar-refractivity contribution in [2.75, 3.05) is 20.3 Å². The predicted molar refractivity (Wildman–Crippen MR) is 94.7 cm³/mol. The third-order valence-corrected chi connectivity index (χ3v) is 4.90. The van der Waals surface area contributed by atoms with Gasteiger partial charge in [-0.05, 0) is 12.8 Å². The molecule has 148 valence electrons. The van der Waals surface area contributed by atoms with Gasteiger partial charge in [-0.25, -0.2) is 9.48 Å². The number of urea groups is 1. The number of amides is 4. The van der Waals surface area contributed by atoms with E-state index in [2.05, 4.69) is 20.9 Å². The second-order valence-corrected chi connectivity index (χ2v) is 7.00. The first kappa shape index (κ1) is 19.3. The van der Waals surface area contributed by atoms with Crippen LogP contribution in [0.3, 0.4) is 0 Å². The molecule has 1 aliphatic carbocycles. The first-order valence-electron chi connectivity index (χ1n) is 9.36. The Morgan fingerprint density at radius 3 is 2.85 bits per heavy atom. The van der Waals surface area contributed by atoms with Crippen molar-refractivity contribution < 1.29 is 19.1 Å². The molecule has 1 aliphatic heterocycles. The molecule has 10 heteroatoms. The van der Waals surface area contributed by atoms with Crippen molar-refractivity contribution in [1.29, 1.82) is 0 Å². The Balaban J connectivity index is 1.51. The highest BCUT2D eigenvalue weighted by Gasteiger charge is 2.39. The lowest BCUT2D eigenvalue weighted by molar-refractivity contribution is -0.132. The van der Waals surface area contributed by atoms with E-state index in [1.807, 2.05) is 0 Å². The quantitative estimate of drug-likeness (QED) is 0.607. The average molecular weight is 378 g/mol. The van der Waals surface area contributed by atoms with Crippen molar-refractivity contribution in [1.82, 2.24) is 30.5 Å². The molecule has 1 aromatic rings. The van der Waals surface area contributed by atoms with Crippen LogP contribution >= 0.6 is 0 Å². The molecule has 3 rings (SSSR count). The molecule has 0 spiro atoms. The van der Waals surface area contributed by atoms with Gasteiger partial charge in [-0.3, -0.25) is 14.5 Å². The Labute approximate surface area is 157 Å². The highest BCUT2D eigenvalue weighted by Crippen LogP contribution is 2.17. The van der Waals surface area contributed by atoms with Gasteiger partial charge in [0.15, 0.2) is 0 Å². The van der Waals surface area contributed by atoms with Gasteiger partial charge in [0.05, 0.1) is 18.8 Å². The van der Waals surface area contributed by atoms with Crippen LogP contribution in [0.4, 0.5) is 4.79 Å². The number of imide groups is 1. The maximum atomic E-state index is 12.5. The lowest BCUT2D eigenvalue weighted by Gasteiger charge is -2.23. The summed E-state index contributed by atoms with van der Waals surface area (Å²) in [6.07, 6.45) is 7.25. The van der Waals surface area contributed by atoms with E-state index in [1.165, 1.54) is 6.42 Å². The number of hydrogen-bond donors (Lipinski definition) is 2. The van der Waals surface area contributed by atoms with Gasteiger partial charge in [0, 0.05) is 25.8 Å². The molecule has 1 saturated heterocycles. The minimum absolute atomic E-state index is 0.143. The van der Waals surface area contributed by atoms with Crippen molar-refractivity contribution in [2.45, 2.75) is 57.2 Å². The molecule has 2 aliphatic rings. The van der Waals surface area contributed by atoms with Crippen LogP contribution in [0, 0.1) is 0 Å². The molecular formula is C17H26N6O4. The van der Waals surface area contributed by atoms with Gasteiger partial charge in [-0.1, -0.05) is 24.5 Å². The molecule has 0 bridgehead atoms. The van der Waals surface area contributed by atoms with Crippen LogP contribution in [0.2, 0.25) is 0 Å². The van der Waals surface area contributed by atoms with E-state index >= 15 is 0 Å². The molecule has 2 heterocycles. The summed E-state index contributed by atoms with van der Waals surface area (Å²) in [4.78, 5) is 37.8. The van der Waals surface area contributed by atoms with Crippen molar-refractivity contribution in [3.05, 3.63) is 11.9 Å². The van der Waals surface area contributed by atoms with Crippen LogP contribution in [0.25, 0.3) is 0 Å². The fraction of sp³-hybridized carbons (Fsp3) is 0.706. The lowest BCUT2D eigenvalue weighted by Crippen LogP contribution is -2.45. The monoisotopic (exact) mass is 378 g/mol. The van der Waals surface area contributed by atoms with Crippen LogP contribution in [0.1, 0.15) is 37.8 Å². The maximum absolute atomic E-state index is 12.5. The molecule has 0 radical (unpaired) electrons. The summed E-state index contributed by atoms with van der Waals surface area (Å²) in [5.41, 5.74) is 0.596. The summed E-state index contributed by atoms with van der Waals surface area (Å²) >= 11 is 0. The molecule has 1 atom stereocenters. The normalized spacial score (nSPS) is 20.8. The van der Waals surface area contributed by atoms with Crippen LogP contribution in [-0.2, 0) is 27.3 Å². The van der Waals surface area contributed by atoms with E-state index in [1.54, 1.807) is 18.0 Å². The van der Waals surface area contributed by atoms with E-state index in [4.69, 9.17) is 4.74 Å². The molecule has 10 nitrogen and oxygen atoms in total. The minimum atomic E-state index is -0.729. The second-order valence-electron chi connectivity index (χ2n) is 7.00. The standard InChI is InChI=1S/C17H26N6O4/c1-27-8-7-22-10-13(20-21-22)9-14-16(25)23(17(26)19-14)11-15(24)18-12-5-3-2-4-6-12/h10,12,14H,2-9,11H2,1H3,(H,18,24)(H,19,26)/t14-/m1/s1. The highest BCUT2D eigenvalue weighted by atomic mass is 16.5. The number of hydrogen-bond acceptors (Lipinski definition) is 6. The number of rotatable bonds is 8. The molecular weight excluding hydrogens is 352 g/mol. The molecule has 1 saturated carbocycles. The smallest absolute Gasteiger partial charge is 0.325 e. The molecule has 0 unspecified atom stereocenters. The molecule has 2 N–H and O–H groups in total. The Hall–Kier alpha value is -2.49. The topological polar surface area (TPSA) is 118 Å². The van der Waals surface area contributed by atoms with Crippen molar-refractivity contribution in [3.8, 4) is 0 Å². The fourth-order valence-corrected chi connectivity index (χ4v) is 3.46. The van der Waals surface area contributed by atoms with E-state index in [0.29, 0.717) is 18.8 Å². The van der Waals surface area contributed by atoms with Gasteiger partial charge in [-0.15, -0.1) is 5.10 Å². The van der Waals surface area contributed by atoms with Crippen molar-refractivity contribution in [2.24, 2.45) is 0 Å². The van der Waals surface area contributed by atoms with E-state index < -0.39 is 18.0 Å². The Morgan fingerprint density at radius 1 is 1.33 bits per heavy atom. The zero-order valence-corrected chi connectivity index (χ0v) is 15.5. The molecule has 0 aromatic carbocycles. The highest BCUT2D eigenvalue weighted by molar-refractivity contribution is 6.06. The van der Waals surface area contributed by atoms with Gasteiger partial charge >= 0.3 is 6.03 Å².